The van der Waals surface area contributed by atoms with Crippen LogP contribution >= 0.6 is 0 Å². The van der Waals surface area contributed by atoms with Crippen molar-refractivity contribution in [2.45, 2.75) is 56.7 Å². The standard InChI is InChI=1S/C34H38N2O8/c1-33(2)24-18(22-27(37)16-10-12-20(39-6)29(41-8)25(16)36(5)32(22)44-33)14-34(3)15-19(24)23-28(43-34)17-11-13-21(40-7)30(42-9)26(17)35(4)31(23)38/h10-13,18-19,24H,14-15H2,1-9H3. The van der Waals surface area contributed by atoms with E-state index in [9.17, 15) is 9.59 Å². The summed E-state index contributed by atoms with van der Waals surface area (Å²) in [4.78, 5) is 28.7. The fourth-order valence-corrected chi connectivity index (χ4v) is 8.52. The van der Waals surface area contributed by atoms with Gasteiger partial charge in [-0.2, -0.15) is 0 Å². The fraction of sp³-hybridized carbons (Fsp3) is 0.471. The lowest BCUT2D eigenvalue weighted by atomic mass is 9.56. The highest BCUT2D eigenvalue weighted by molar-refractivity contribution is 5.94. The van der Waals surface area contributed by atoms with Gasteiger partial charge in [-0.1, -0.05) is 0 Å². The second kappa shape index (κ2) is 9.33. The smallest absolute Gasteiger partial charge is 0.258 e. The van der Waals surface area contributed by atoms with E-state index in [-0.39, 0.29) is 28.7 Å². The van der Waals surface area contributed by atoms with Crippen molar-refractivity contribution in [3.05, 3.63) is 56.0 Å². The molecule has 44 heavy (non-hydrogen) atoms. The van der Waals surface area contributed by atoms with E-state index in [1.54, 1.807) is 52.2 Å². The Morgan fingerprint density at radius 1 is 0.727 bits per heavy atom. The molecule has 1 saturated carbocycles. The van der Waals surface area contributed by atoms with Crippen molar-refractivity contribution in [1.29, 1.82) is 0 Å². The van der Waals surface area contributed by atoms with Crippen molar-refractivity contribution in [2.75, 3.05) is 28.4 Å². The lowest BCUT2D eigenvalue weighted by molar-refractivity contribution is -0.0833. The van der Waals surface area contributed by atoms with Crippen molar-refractivity contribution >= 4 is 21.8 Å². The maximum absolute atomic E-state index is 14.4. The van der Waals surface area contributed by atoms with Gasteiger partial charge in [-0.05, 0) is 57.9 Å². The summed E-state index contributed by atoms with van der Waals surface area (Å²) in [6, 6.07) is 7.31. The molecule has 0 radical (unpaired) electrons. The first-order valence-corrected chi connectivity index (χ1v) is 14.8. The van der Waals surface area contributed by atoms with Gasteiger partial charge in [-0.3, -0.25) is 9.59 Å². The number of hydrogen-bond donors (Lipinski definition) is 0. The van der Waals surface area contributed by atoms with Crippen LogP contribution in [0, 0.1) is 5.92 Å². The van der Waals surface area contributed by atoms with Crippen LogP contribution in [0.25, 0.3) is 21.8 Å². The lowest BCUT2D eigenvalue weighted by Gasteiger charge is -2.57. The molecule has 2 aromatic carbocycles. The molecule has 2 bridgehead atoms. The van der Waals surface area contributed by atoms with Crippen molar-refractivity contribution in [2.24, 2.45) is 20.0 Å². The van der Waals surface area contributed by atoms with Crippen LogP contribution in [0.2, 0.25) is 0 Å². The number of nitrogens with zero attached hydrogens (tertiary/aromatic N) is 2. The third-order valence-electron chi connectivity index (χ3n) is 10.2. The minimum absolute atomic E-state index is 0.105. The Hall–Kier alpha value is -4.34. The quantitative estimate of drug-likeness (QED) is 0.321. The summed E-state index contributed by atoms with van der Waals surface area (Å²) in [5.41, 5.74) is 0.839. The third-order valence-corrected chi connectivity index (χ3v) is 10.2. The maximum Gasteiger partial charge on any atom is 0.258 e. The number of methoxy groups -OCH3 is 4. The van der Waals surface area contributed by atoms with E-state index < -0.39 is 11.2 Å². The van der Waals surface area contributed by atoms with Crippen LogP contribution < -0.4 is 39.4 Å². The van der Waals surface area contributed by atoms with E-state index in [1.807, 2.05) is 23.7 Å². The molecular formula is C34H38N2O8. The molecule has 4 aromatic rings. The molecule has 0 saturated heterocycles. The van der Waals surface area contributed by atoms with E-state index in [1.165, 1.54) is 0 Å². The number of aromatic nitrogens is 2. The van der Waals surface area contributed by atoms with Crippen LogP contribution in [-0.2, 0) is 14.1 Å². The van der Waals surface area contributed by atoms with Crippen LogP contribution in [0.1, 0.15) is 56.6 Å². The number of aryl methyl sites for hydroxylation is 2. The minimum Gasteiger partial charge on any atom is -0.493 e. The van der Waals surface area contributed by atoms with Gasteiger partial charge >= 0.3 is 0 Å². The molecule has 10 heteroatoms. The van der Waals surface area contributed by atoms with Gasteiger partial charge in [0, 0.05) is 37.2 Å². The van der Waals surface area contributed by atoms with Crippen LogP contribution in [-0.4, -0.2) is 48.8 Å². The van der Waals surface area contributed by atoms with Gasteiger partial charge in [-0.25, -0.2) is 0 Å². The summed E-state index contributed by atoms with van der Waals surface area (Å²) < 4.78 is 39.8. The Morgan fingerprint density at radius 2 is 1.27 bits per heavy atom. The third kappa shape index (κ3) is 3.53. The summed E-state index contributed by atoms with van der Waals surface area (Å²) in [5, 5.41) is 1.31. The van der Waals surface area contributed by atoms with Crippen LogP contribution in [0.15, 0.2) is 33.9 Å². The molecular weight excluding hydrogens is 564 g/mol. The fourth-order valence-electron chi connectivity index (χ4n) is 8.52. The largest absolute Gasteiger partial charge is 0.493 e. The molecule has 4 unspecified atom stereocenters. The molecule has 10 nitrogen and oxygen atoms in total. The highest BCUT2D eigenvalue weighted by Gasteiger charge is 2.59. The van der Waals surface area contributed by atoms with Crippen molar-refractivity contribution in [3.63, 3.8) is 0 Å². The maximum atomic E-state index is 14.4. The molecule has 2 aliphatic heterocycles. The van der Waals surface area contributed by atoms with Gasteiger partial charge in [0.05, 0.1) is 45.0 Å². The number of hydrogen-bond acceptors (Lipinski definition) is 8. The normalized spacial score (nSPS) is 24.4. The molecule has 2 aromatic heterocycles. The second-order valence-electron chi connectivity index (χ2n) is 13.0. The summed E-state index contributed by atoms with van der Waals surface area (Å²) in [5.74, 6) is 2.51. The first kappa shape index (κ1) is 28.4. The molecule has 0 N–H and O–H groups in total. The summed E-state index contributed by atoms with van der Waals surface area (Å²) in [6.07, 6.45) is 1.22. The van der Waals surface area contributed by atoms with Crippen molar-refractivity contribution < 1.29 is 28.4 Å². The molecule has 4 atom stereocenters. The molecule has 4 heterocycles. The van der Waals surface area contributed by atoms with Gasteiger partial charge in [0.1, 0.15) is 28.0 Å². The highest BCUT2D eigenvalue weighted by Crippen LogP contribution is 2.62. The van der Waals surface area contributed by atoms with Gasteiger partial charge in [0.2, 0.25) is 5.88 Å². The number of ether oxygens (including phenoxy) is 6. The monoisotopic (exact) mass is 602 g/mol. The van der Waals surface area contributed by atoms with Crippen molar-refractivity contribution in [3.8, 4) is 34.6 Å². The zero-order valence-corrected chi connectivity index (χ0v) is 26.6. The highest BCUT2D eigenvalue weighted by atomic mass is 16.5. The lowest BCUT2D eigenvalue weighted by Crippen LogP contribution is -2.58. The molecule has 7 rings (SSSR count). The minimum atomic E-state index is -0.722. The first-order chi connectivity index (χ1) is 20.9. The van der Waals surface area contributed by atoms with Crippen LogP contribution in [0.5, 0.6) is 34.6 Å². The average Bonchev–Trinajstić information content (AvgIpc) is 2.99. The summed E-state index contributed by atoms with van der Waals surface area (Å²) in [7, 11) is 9.92. The Kier molecular flexibility index (Phi) is 6.03. The van der Waals surface area contributed by atoms with Crippen LogP contribution in [0.4, 0.5) is 0 Å². The summed E-state index contributed by atoms with van der Waals surface area (Å²) >= 11 is 0. The Bertz CT molecular complexity index is 1980. The molecule has 232 valence electrons. The molecule has 0 spiro atoms. The Labute approximate surface area is 255 Å². The van der Waals surface area contributed by atoms with Gasteiger partial charge in [0.25, 0.3) is 5.56 Å². The first-order valence-electron chi connectivity index (χ1n) is 14.8. The zero-order valence-electron chi connectivity index (χ0n) is 26.6. The SMILES string of the molecule is COc1ccc2c(=O)c3c(n(C)c2c1OC)OC(C)(C)C1C3CC2(C)CC1c1c(c3ccc(OC)c(OC)c3n(C)c1=O)O2. The Morgan fingerprint density at radius 3 is 1.84 bits per heavy atom. The van der Waals surface area contributed by atoms with Crippen molar-refractivity contribution in [1.82, 2.24) is 9.13 Å². The zero-order chi connectivity index (χ0) is 31.5. The topological polar surface area (TPSA) is 99.4 Å². The van der Waals surface area contributed by atoms with Gasteiger partial charge < -0.3 is 37.6 Å². The number of fused-ring (bicyclic) bond motifs is 11. The second-order valence-corrected chi connectivity index (χ2v) is 13.0. The summed E-state index contributed by atoms with van der Waals surface area (Å²) in [6.45, 7) is 6.20. The van der Waals surface area contributed by atoms with Gasteiger partial charge in [0.15, 0.2) is 28.4 Å². The van der Waals surface area contributed by atoms with E-state index in [0.717, 1.165) is 5.39 Å². The van der Waals surface area contributed by atoms with Gasteiger partial charge in [-0.15, -0.1) is 0 Å². The molecule has 0 amide bonds. The Balaban J connectivity index is 1.51. The predicted octanol–water partition coefficient (Wildman–Crippen LogP) is 5.02. The predicted molar refractivity (Wildman–Crippen MR) is 167 cm³/mol. The van der Waals surface area contributed by atoms with E-state index >= 15 is 0 Å². The number of rotatable bonds is 4. The average molecular weight is 603 g/mol. The van der Waals surface area contributed by atoms with E-state index in [2.05, 4.69) is 20.8 Å². The van der Waals surface area contributed by atoms with E-state index in [4.69, 9.17) is 28.4 Å². The number of pyridine rings is 2. The molecule has 1 aliphatic carbocycles. The van der Waals surface area contributed by atoms with Crippen LogP contribution in [0.3, 0.4) is 0 Å². The molecule has 3 aliphatic rings. The van der Waals surface area contributed by atoms with E-state index in [0.29, 0.717) is 75.0 Å². The number of benzene rings is 2. The molecule has 1 fully saturated rings.